The first-order valence-corrected chi connectivity index (χ1v) is 6.07. The van der Waals surface area contributed by atoms with Crippen LogP contribution >= 0.6 is 0 Å². The van der Waals surface area contributed by atoms with Gasteiger partial charge in [-0.05, 0) is 35.1 Å². The summed E-state index contributed by atoms with van der Waals surface area (Å²) in [6.45, 7) is 8.85. The molecule has 17 heavy (non-hydrogen) atoms. The van der Waals surface area contributed by atoms with Crippen LogP contribution in [0.15, 0.2) is 42.5 Å². The molecule has 0 amide bonds. The lowest BCUT2D eigenvalue weighted by Crippen LogP contribution is -2.12. The van der Waals surface area contributed by atoms with Gasteiger partial charge in [-0.3, -0.25) is 0 Å². The van der Waals surface area contributed by atoms with E-state index >= 15 is 0 Å². The van der Waals surface area contributed by atoms with E-state index in [9.17, 15) is 0 Å². The van der Waals surface area contributed by atoms with Gasteiger partial charge in [-0.25, -0.2) is 0 Å². The van der Waals surface area contributed by atoms with Crippen LogP contribution in [0, 0.1) is 13.0 Å². The van der Waals surface area contributed by atoms with Crippen LogP contribution in [0.25, 0.3) is 11.1 Å². The fraction of sp³-hybridized carbons (Fsp3) is 0.294. The van der Waals surface area contributed by atoms with Gasteiger partial charge in [0.25, 0.3) is 0 Å². The molecule has 0 saturated heterocycles. The minimum Gasteiger partial charge on any atom is -0.0613 e. The fourth-order valence-electron chi connectivity index (χ4n) is 2.02. The lowest BCUT2D eigenvalue weighted by Gasteiger charge is -2.22. The van der Waals surface area contributed by atoms with E-state index in [1.807, 2.05) is 6.07 Å². The van der Waals surface area contributed by atoms with Crippen molar-refractivity contribution >= 4 is 0 Å². The molecule has 1 radical (unpaired) electrons. The zero-order valence-corrected chi connectivity index (χ0v) is 11.0. The van der Waals surface area contributed by atoms with Crippen LogP contribution in [-0.4, -0.2) is 0 Å². The van der Waals surface area contributed by atoms with Crippen LogP contribution in [-0.2, 0) is 5.41 Å². The molecule has 0 fully saturated rings. The van der Waals surface area contributed by atoms with Crippen molar-refractivity contribution in [3.8, 4) is 11.1 Å². The first-order chi connectivity index (χ1) is 7.98. The second-order valence-corrected chi connectivity index (χ2v) is 5.57. The summed E-state index contributed by atoms with van der Waals surface area (Å²) < 4.78 is 0. The van der Waals surface area contributed by atoms with Crippen molar-refractivity contribution in [3.63, 3.8) is 0 Å². The molecule has 0 saturated carbocycles. The Hall–Kier alpha value is -1.56. The summed E-state index contributed by atoms with van der Waals surface area (Å²) in [5, 5.41) is 0. The zero-order valence-electron chi connectivity index (χ0n) is 11.0. The van der Waals surface area contributed by atoms with E-state index in [1.165, 1.54) is 22.3 Å². The molecule has 0 aliphatic carbocycles. The summed E-state index contributed by atoms with van der Waals surface area (Å²) in [5.74, 6) is 0. The number of rotatable bonds is 1. The van der Waals surface area contributed by atoms with Crippen LogP contribution in [0.3, 0.4) is 0 Å². The van der Waals surface area contributed by atoms with Crippen molar-refractivity contribution in [1.82, 2.24) is 0 Å². The van der Waals surface area contributed by atoms with Gasteiger partial charge in [-0.2, -0.15) is 0 Å². The molecular weight excluding hydrogens is 204 g/mol. The smallest absolute Gasteiger partial charge is 0.00677 e. The molecule has 2 aromatic carbocycles. The molecule has 2 rings (SSSR count). The molecule has 0 spiro atoms. The molecule has 0 nitrogen and oxygen atoms in total. The maximum atomic E-state index is 3.38. The average molecular weight is 223 g/mol. The van der Waals surface area contributed by atoms with E-state index in [4.69, 9.17) is 0 Å². The standard InChI is InChI=1S/C17H19/c1-13-9-11-14(12-10-13)15-7-5-6-8-16(15)17(2,3)4/h5-6,8-12H,1-4H3. The summed E-state index contributed by atoms with van der Waals surface area (Å²) in [4.78, 5) is 0. The lowest BCUT2D eigenvalue weighted by atomic mass is 9.82. The minimum atomic E-state index is 0.151. The van der Waals surface area contributed by atoms with Crippen molar-refractivity contribution in [3.05, 3.63) is 59.7 Å². The monoisotopic (exact) mass is 223 g/mol. The molecule has 2 aromatic rings. The molecule has 0 unspecified atom stereocenters. The molecule has 0 N–H and O–H groups in total. The van der Waals surface area contributed by atoms with Crippen LogP contribution in [0.1, 0.15) is 31.9 Å². The molecular formula is C17H19. The van der Waals surface area contributed by atoms with E-state index in [0.29, 0.717) is 0 Å². The number of benzene rings is 2. The summed E-state index contributed by atoms with van der Waals surface area (Å²) in [5.41, 5.74) is 5.27. The van der Waals surface area contributed by atoms with Crippen LogP contribution in [0.5, 0.6) is 0 Å². The highest BCUT2D eigenvalue weighted by Gasteiger charge is 2.17. The van der Waals surface area contributed by atoms with Gasteiger partial charge in [0.15, 0.2) is 0 Å². The Morgan fingerprint density at radius 2 is 1.59 bits per heavy atom. The first-order valence-electron chi connectivity index (χ1n) is 6.07. The summed E-state index contributed by atoms with van der Waals surface area (Å²) in [6.07, 6.45) is 0. The molecule has 0 atom stereocenters. The van der Waals surface area contributed by atoms with Gasteiger partial charge < -0.3 is 0 Å². The Labute approximate surface area is 104 Å². The van der Waals surface area contributed by atoms with E-state index in [1.54, 1.807) is 0 Å². The second kappa shape index (κ2) is 4.37. The van der Waals surface area contributed by atoms with Crippen LogP contribution in [0.4, 0.5) is 0 Å². The highest BCUT2D eigenvalue weighted by molar-refractivity contribution is 5.68. The molecule has 0 aliphatic heterocycles. The van der Waals surface area contributed by atoms with Gasteiger partial charge in [0, 0.05) is 0 Å². The lowest BCUT2D eigenvalue weighted by molar-refractivity contribution is 0.592. The highest BCUT2D eigenvalue weighted by atomic mass is 14.2. The summed E-state index contributed by atoms with van der Waals surface area (Å²) in [6, 6.07) is 18.3. The second-order valence-electron chi connectivity index (χ2n) is 5.57. The van der Waals surface area contributed by atoms with Gasteiger partial charge in [0.1, 0.15) is 0 Å². The number of hydrogen-bond donors (Lipinski definition) is 0. The predicted octanol–water partition coefficient (Wildman–Crippen LogP) is 4.76. The fourth-order valence-corrected chi connectivity index (χ4v) is 2.02. The minimum absolute atomic E-state index is 0.151. The average Bonchev–Trinajstić information content (AvgIpc) is 2.29. The Morgan fingerprint density at radius 1 is 0.941 bits per heavy atom. The molecule has 0 heteroatoms. The maximum Gasteiger partial charge on any atom is -0.00677 e. The van der Waals surface area contributed by atoms with Crippen LogP contribution in [0.2, 0.25) is 0 Å². The molecule has 0 heterocycles. The molecule has 0 bridgehead atoms. The van der Waals surface area contributed by atoms with Crippen molar-refractivity contribution in [2.45, 2.75) is 33.1 Å². The molecule has 0 aliphatic rings. The third-order valence-electron chi connectivity index (χ3n) is 3.00. The van der Waals surface area contributed by atoms with Gasteiger partial charge >= 0.3 is 0 Å². The largest absolute Gasteiger partial charge is 0.0613 e. The number of aryl methyl sites for hydroxylation is 1. The van der Waals surface area contributed by atoms with E-state index in [0.717, 1.165) is 0 Å². The third kappa shape index (κ3) is 2.58. The van der Waals surface area contributed by atoms with Crippen LogP contribution < -0.4 is 0 Å². The third-order valence-corrected chi connectivity index (χ3v) is 3.00. The Balaban J connectivity index is 2.56. The molecule has 87 valence electrons. The maximum absolute atomic E-state index is 3.38. The Kier molecular flexibility index (Phi) is 3.06. The summed E-state index contributed by atoms with van der Waals surface area (Å²) >= 11 is 0. The van der Waals surface area contributed by atoms with Gasteiger partial charge in [-0.15, -0.1) is 0 Å². The van der Waals surface area contributed by atoms with Crippen molar-refractivity contribution in [1.29, 1.82) is 0 Å². The van der Waals surface area contributed by atoms with Gasteiger partial charge in [-0.1, -0.05) is 68.8 Å². The van der Waals surface area contributed by atoms with Gasteiger partial charge in [0.05, 0.1) is 0 Å². The summed E-state index contributed by atoms with van der Waals surface area (Å²) in [7, 11) is 0. The van der Waals surface area contributed by atoms with Gasteiger partial charge in [0.2, 0.25) is 0 Å². The zero-order chi connectivity index (χ0) is 12.5. The normalized spacial score (nSPS) is 11.5. The van der Waals surface area contributed by atoms with E-state index in [2.05, 4.69) is 70.2 Å². The van der Waals surface area contributed by atoms with Crippen molar-refractivity contribution in [2.75, 3.05) is 0 Å². The van der Waals surface area contributed by atoms with E-state index < -0.39 is 0 Å². The Morgan fingerprint density at radius 3 is 2.18 bits per heavy atom. The highest BCUT2D eigenvalue weighted by Crippen LogP contribution is 2.32. The molecule has 0 aromatic heterocycles. The number of hydrogen-bond acceptors (Lipinski definition) is 0. The SMILES string of the molecule is Cc1ccc(-c2[c]cccc2C(C)(C)C)cc1. The predicted molar refractivity (Wildman–Crippen MR) is 74.2 cm³/mol. The van der Waals surface area contributed by atoms with Crippen molar-refractivity contribution in [2.24, 2.45) is 0 Å². The quantitative estimate of drug-likeness (QED) is 0.654. The van der Waals surface area contributed by atoms with Crippen molar-refractivity contribution < 1.29 is 0 Å². The van der Waals surface area contributed by atoms with E-state index in [-0.39, 0.29) is 5.41 Å². The first kappa shape index (κ1) is 11.9. The Bertz CT molecular complexity index is 498. The topological polar surface area (TPSA) is 0 Å².